The fourth-order valence-corrected chi connectivity index (χ4v) is 2.19. The Labute approximate surface area is 165 Å². The minimum absolute atomic E-state index is 0.0160. The lowest BCUT2D eigenvalue weighted by atomic mass is 10.1. The Bertz CT molecular complexity index is 902. The molecule has 2 N–H and O–H groups in total. The number of esters is 1. The quantitative estimate of drug-likeness (QED) is 0.215. The van der Waals surface area contributed by atoms with Gasteiger partial charge in [0.1, 0.15) is 5.70 Å². The third-order valence-electron chi connectivity index (χ3n) is 3.56. The van der Waals surface area contributed by atoms with Gasteiger partial charge in [0.05, 0.1) is 17.8 Å². The van der Waals surface area contributed by atoms with Gasteiger partial charge >= 0.3 is 5.97 Å². The lowest BCUT2D eigenvalue weighted by molar-refractivity contribution is -0.384. The summed E-state index contributed by atoms with van der Waals surface area (Å²) in [6.07, 6.45) is 3.10. The minimum atomic E-state index is -0.627. The van der Waals surface area contributed by atoms with Gasteiger partial charge < -0.3 is 19.8 Å². The van der Waals surface area contributed by atoms with E-state index in [1.54, 1.807) is 0 Å². The van der Waals surface area contributed by atoms with E-state index in [9.17, 15) is 24.5 Å². The third-order valence-corrected chi connectivity index (χ3v) is 3.56. The van der Waals surface area contributed by atoms with Crippen LogP contribution in [0.4, 0.5) is 5.69 Å². The molecule has 152 valence electrons. The van der Waals surface area contributed by atoms with Crippen molar-refractivity contribution < 1.29 is 28.5 Å². The first-order chi connectivity index (χ1) is 13.9. The van der Waals surface area contributed by atoms with Gasteiger partial charge in [-0.2, -0.15) is 0 Å². The Balaban J connectivity index is 2.11. The largest absolute Gasteiger partial charge is 0.466 e. The molecule has 0 aliphatic carbocycles. The Morgan fingerprint density at radius 1 is 1.21 bits per heavy atom. The molecule has 0 spiro atoms. The van der Waals surface area contributed by atoms with Crippen LogP contribution in [-0.2, 0) is 14.3 Å². The highest BCUT2D eigenvalue weighted by molar-refractivity contribution is 6.04. The van der Waals surface area contributed by atoms with Gasteiger partial charge in [0, 0.05) is 25.6 Å². The van der Waals surface area contributed by atoms with Crippen molar-refractivity contribution in [2.75, 3.05) is 13.2 Å². The average Bonchev–Trinajstić information content (AvgIpc) is 3.22. The zero-order chi connectivity index (χ0) is 21.2. The van der Waals surface area contributed by atoms with Crippen molar-refractivity contribution in [2.24, 2.45) is 0 Å². The van der Waals surface area contributed by atoms with Crippen LogP contribution in [-0.4, -0.2) is 35.9 Å². The predicted molar refractivity (Wildman–Crippen MR) is 102 cm³/mol. The first-order valence-corrected chi connectivity index (χ1v) is 8.59. The molecule has 0 atom stereocenters. The summed E-state index contributed by atoms with van der Waals surface area (Å²) in [6, 6.07) is 8.44. The zero-order valence-electron chi connectivity index (χ0n) is 15.5. The number of ether oxygens (including phenoxy) is 1. The van der Waals surface area contributed by atoms with Crippen LogP contribution in [0.25, 0.3) is 6.08 Å². The molecule has 10 heteroatoms. The molecule has 1 aromatic heterocycles. The number of hydrogen-bond acceptors (Lipinski definition) is 7. The van der Waals surface area contributed by atoms with Crippen LogP contribution in [0.2, 0.25) is 0 Å². The van der Waals surface area contributed by atoms with Crippen molar-refractivity contribution in [1.29, 1.82) is 0 Å². The second-order valence-electron chi connectivity index (χ2n) is 5.79. The van der Waals surface area contributed by atoms with E-state index in [-0.39, 0.29) is 30.3 Å². The Morgan fingerprint density at radius 2 is 1.93 bits per heavy atom. The molecule has 0 fully saturated rings. The number of furan rings is 1. The summed E-state index contributed by atoms with van der Waals surface area (Å²) < 4.78 is 9.79. The molecular weight excluding hydrogens is 382 g/mol. The number of carbonyl (C=O) groups is 3. The van der Waals surface area contributed by atoms with E-state index in [1.807, 2.05) is 0 Å². The maximum absolute atomic E-state index is 12.5. The number of carbonyl (C=O) groups excluding carboxylic acids is 3. The number of rotatable bonds is 9. The summed E-state index contributed by atoms with van der Waals surface area (Å²) in [7, 11) is 0. The molecule has 0 saturated heterocycles. The van der Waals surface area contributed by atoms with Crippen molar-refractivity contribution in [2.45, 2.75) is 13.3 Å². The van der Waals surface area contributed by atoms with Crippen molar-refractivity contribution in [3.05, 3.63) is 69.8 Å². The van der Waals surface area contributed by atoms with Crippen LogP contribution in [0, 0.1) is 10.1 Å². The van der Waals surface area contributed by atoms with E-state index >= 15 is 0 Å². The monoisotopic (exact) mass is 401 g/mol. The maximum Gasteiger partial charge on any atom is 0.302 e. The molecule has 2 aromatic rings. The average molecular weight is 401 g/mol. The van der Waals surface area contributed by atoms with Gasteiger partial charge in [-0.3, -0.25) is 24.5 Å². The molecular formula is C19H19N3O7. The molecule has 2 rings (SSSR count). The summed E-state index contributed by atoms with van der Waals surface area (Å²) in [5.41, 5.74) is 0.298. The molecule has 0 aliphatic heterocycles. The highest BCUT2D eigenvalue weighted by Gasteiger charge is 2.16. The van der Waals surface area contributed by atoms with Crippen LogP contribution in [0.1, 0.15) is 29.5 Å². The number of non-ortho nitro benzene ring substituents is 1. The topological polar surface area (TPSA) is 141 Å². The second kappa shape index (κ2) is 10.4. The number of hydrogen-bond donors (Lipinski definition) is 2. The number of nitrogens with zero attached hydrogens (tertiary/aromatic N) is 1. The van der Waals surface area contributed by atoms with Gasteiger partial charge in [-0.15, -0.1) is 0 Å². The lowest BCUT2D eigenvalue weighted by Gasteiger charge is -2.10. The van der Waals surface area contributed by atoms with Crippen LogP contribution >= 0.6 is 0 Å². The molecule has 0 bridgehead atoms. The lowest BCUT2D eigenvalue weighted by Crippen LogP contribution is -2.35. The molecule has 0 aliphatic rings. The molecule has 0 radical (unpaired) electrons. The van der Waals surface area contributed by atoms with E-state index in [1.165, 1.54) is 55.7 Å². The maximum atomic E-state index is 12.5. The third kappa shape index (κ3) is 6.94. The Morgan fingerprint density at radius 3 is 2.52 bits per heavy atom. The highest BCUT2D eigenvalue weighted by Crippen LogP contribution is 2.14. The van der Waals surface area contributed by atoms with E-state index in [0.29, 0.717) is 12.0 Å². The fourth-order valence-electron chi connectivity index (χ4n) is 2.19. The molecule has 1 aromatic carbocycles. The summed E-state index contributed by atoms with van der Waals surface area (Å²) >= 11 is 0. The van der Waals surface area contributed by atoms with Crippen LogP contribution in [0.5, 0.6) is 0 Å². The van der Waals surface area contributed by atoms with Crippen LogP contribution < -0.4 is 10.6 Å². The van der Waals surface area contributed by atoms with Crippen molar-refractivity contribution >= 4 is 29.5 Å². The van der Waals surface area contributed by atoms with Gasteiger partial charge in [0.2, 0.25) is 0 Å². The molecule has 1 heterocycles. The van der Waals surface area contributed by atoms with E-state index in [2.05, 4.69) is 10.6 Å². The first-order valence-electron chi connectivity index (χ1n) is 8.59. The fraction of sp³-hybridized carbons (Fsp3) is 0.211. The molecule has 2 amide bonds. The second-order valence-corrected chi connectivity index (χ2v) is 5.79. The smallest absolute Gasteiger partial charge is 0.302 e. The van der Waals surface area contributed by atoms with Crippen molar-refractivity contribution in [1.82, 2.24) is 10.6 Å². The zero-order valence-corrected chi connectivity index (χ0v) is 15.5. The summed E-state index contributed by atoms with van der Waals surface area (Å²) in [6.45, 7) is 1.64. The summed E-state index contributed by atoms with van der Waals surface area (Å²) in [5, 5.41) is 15.8. The van der Waals surface area contributed by atoms with Gasteiger partial charge in [0.15, 0.2) is 5.76 Å². The van der Waals surface area contributed by atoms with E-state index in [4.69, 9.17) is 9.15 Å². The van der Waals surface area contributed by atoms with Gasteiger partial charge in [-0.25, -0.2) is 0 Å². The van der Waals surface area contributed by atoms with E-state index < -0.39 is 22.7 Å². The van der Waals surface area contributed by atoms with Crippen LogP contribution in [0.3, 0.4) is 0 Å². The summed E-state index contributed by atoms with van der Waals surface area (Å²) in [4.78, 5) is 45.7. The molecule has 0 unspecified atom stereocenters. The van der Waals surface area contributed by atoms with Crippen LogP contribution in [0.15, 0.2) is 52.8 Å². The number of amides is 2. The number of benzene rings is 1. The molecule has 29 heavy (non-hydrogen) atoms. The highest BCUT2D eigenvalue weighted by atomic mass is 16.6. The Hall–Kier alpha value is -3.95. The van der Waals surface area contributed by atoms with E-state index in [0.717, 1.165) is 0 Å². The number of nitro benzene ring substituents is 1. The normalized spacial score (nSPS) is 10.9. The predicted octanol–water partition coefficient (Wildman–Crippen LogP) is 2.03. The SMILES string of the molecule is CC(=O)OCCCNC(=O)C(=Cc1ccc([N+](=O)[O-])cc1)NC(=O)c1ccco1. The van der Waals surface area contributed by atoms with Crippen molar-refractivity contribution in [3.63, 3.8) is 0 Å². The van der Waals surface area contributed by atoms with Gasteiger partial charge in [-0.1, -0.05) is 0 Å². The summed E-state index contributed by atoms with van der Waals surface area (Å²) in [5.74, 6) is -1.60. The number of nitrogens with one attached hydrogen (secondary N) is 2. The Kier molecular flexibility index (Phi) is 7.66. The van der Waals surface area contributed by atoms with Crippen molar-refractivity contribution in [3.8, 4) is 0 Å². The minimum Gasteiger partial charge on any atom is -0.466 e. The first kappa shape index (κ1) is 21.4. The standard InChI is InChI=1S/C19H19N3O7/c1-13(23)28-11-3-9-20-18(24)16(21-19(25)17-4-2-10-29-17)12-14-5-7-15(8-6-14)22(26)27/h2,4-8,10,12H,3,9,11H2,1H3,(H,20,24)(H,21,25). The number of nitro groups is 1. The van der Waals surface area contributed by atoms with Gasteiger partial charge in [0.25, 0.3) is 17.5 Å². The van der Waals surface area contributed by atoms with Gasteiger partial charge in [-0.05, 0) is 42.3 Å². The molecule has 0 saturated carbocycles. The molecule has 10 nitrogen and oxygen atoms in total.